The minimum atomic E-state index is 0.448. The second-order valence-electron chi connectivity index (χ2n) is 5.26. The summed E-state index contributed by atoms with van der Waals surface area (Å²) in [6, 6.07) is 4.03. The van der Waals surface area contributed by atoms with Gasteiger partial charge in [-0.2, -0.15) is 0 Å². The monoisotopic (exact) mass is 263 g/mol. The molecule has 1 aliphatic rings. The Morgan fingerprint density at radius 2 is 1.83 bits per heavy atom. The van der Waals surface area contributed by atoms with Gasteiger partial charge in [0.25, 0.3) is 0 Å². The number of ether oxygens (including phenoxy) is 1. The maximum Gasteiger partial charge on any atom is 0.125 e. The van der Waals surface area contributed by atoms with Gasteiger partial charge >= 0.3 is 0 Å². The highest BCUT2D eigenvalue weighted by Crippen LogP contribution is 2.29. The zero-order chi connectivity index (χ0) is 13.1. The normalized spacial score (nSPS) is 15.9. The van der Waals surface area contributed by atoms with Gasteiger partial charge < -0.3 is 10.5 Å². The molecular weight excluding hydrogens is 242 g/mol. The van der Waals surface area contributed by atoms with Crippen LogP contribution in [0.5, 0.6) is 5.75 Å². The first-order valence-corrected chi connectivity index (χ1v) is 7.02. The third-order valence-corrected chi connectivity index (χ3v) is 3.92. The van der Waals surface area contributed by atoms with Gasteiger partial charge in [-0.1, -0.05) is 25.1 Å². The number of aryl methyl sites for hydroxylation is 2. The zero-order valence-electron chi connectivity index (χ0n) is 11.2. The maximum atomic E-state index is 6.00. The minimum Gasteiger partial charge on any atom is -0.493 e. The summed E-state index contributed by atoms with van der Waals surface area (Å²) in [5.41, 5.74) is 8.83. The number of benzene rings is 1. The summed E-state index contributed by atoms with van der Waals surface area (Å²) in [6.45, 7) is 4.95. The Morgan fingerprint density at radius 3 is 2.33 bits per heavy atom. The molecule has 0 atom stereocenters. The largest absolute Gasteiger partial charge is 0.493 e. The molecular formula is C15H21NOS. The van der Waals surface area contributed by atoms with E-state index in [2.05, 4.69) is 13.8 Å². The van der Waals surface area contributed by atoms with Gasteiger partial charge in [0.15, 0.2) is 0 Å². The van der Waals surface area contributed by atoms with E-state index in [1.54, 1.807) is 0 Å². The first-order valence-electron chi connectivity index (χ1n) is 6.62. The van der Waals surface area contributed by atoms with Gasteiger partial charge in [-0.05, 0) is 55.9 Å². The van der Waals surface area contributed by atoms with Crippen LogP contribution in [0.25, 0.3) is 0 Å². The highest BCUT2D eigenvalue weighted by Gasteiger charge is 2.16. The molecule has 1 aromatic rings. The van der Waals surface area contributed by atoms with Crippen LogP contribution < -0.4 is 10.5 Å². The van der Waals surface area contributed by atoms with Crippen LogP contribution in [0.1, 0.15) is 42.4 Å². The number of thiocarbonyl (C=S) groups is 1. The highest BCUT2D eigenvalue weighted by molar-refractivity contribution is 7.80. The number of rotatable bonds is 4. The van der Waals surface area contributed by atoms with E-state index in [0.29, 0.717) is 4.99 Å². The third kappa shape index (κ3) is 3.02. The molecule has 0 bridgehead atoms. The number of hydrogen-bond acceptors (Lipinski definition) is 2. The maximum absolute atomic E-state index is 6.00. The molecule has 18 heavy (non-hydrogen) atoms. The Morgan fingerprint density at radius 1 is 1.28 bits per heavy atom. The van der Waals surface area contributed by atoms with Gasteiger partial charge in [-0.25, -0.2) is 0 Å². The van der Waals surface area contributed by atoms with Crippen LogP contribution in [0.3, 0.4) is 0 Å². The molecule has 0 amide bonds. The van der Waals surface area contributed by atoms with E-state index in [1.165, 1.54) is 25.7 Å². The van der Waals surface area contributed by atoms with Crippen molar-refractivity contribution in [3.8, 4) is 5.75 Å². The van der Waals surface area contributed by atoms with Crippen LogP contribution in [0.2, 0.25) is 0 Å². The van der Waals surface area contributed by atoms with E-state index in [9.17, 15) is 0 Å². The molecule has 0 saturated heterocycles. The fraction of sp³-hybridized carbons (Fsp3) is 0.533. The van der Waals surface area contributed by atoms with Crippen molar-refractivity contribution in [3.05, 3.63) is 28.8 Å². The Kier molecular flexibility index (Phi) is 4.23. The predicted octanol–water partition coefficient (Wildman–Crippen LogP) is 3.51. The molecule has 2 rings (SSSR count). The van der Waals surface area contributed by atoms with Crippen molar-refractivity contribution >= 4 is 17.2 Å². The van der Waals surface area contributed by atoms with E-state index in [0.717, 1.165) is 35.0 Å². The van der Waals surface area contributed by atoms with Crippen molar-refractivity contribution in [2.45, 2.75) is 39.5 Å². The molecule has 1 saturated carbocycles. The molecule has 0 aliphatic heterocycles. The van der Waals surface area contributed by atoms with Gasteiger partial charge in [0.1, 0.15) is 10.7 Å². The van der Waals surface area contributed by atoms with Crippen molar-refractivity contribution in [2.24, 2.45) is 11.7 Å². The third-order valence-electron chi connectivity index (χ3n) is 3.68. The lowest BCUT2D eigenvalue weighted by atomic mass is 10.1. The fourth-order valence-corrected chi connectivity index (χ4v) is 2.82. The summed E-state index contributed by atoms with van der Waals surface area (Å²) in [5, 5.41) is 0. The van der Waals surface area contributed by atoms with E-state index in [-0.39, 0.29) is 0 Å². The average molecular weight is 263 g/mol. The van der Waals surface area contributed by atoms with Gasteiger partial charge in [0.05, 0.1) is 6.61 Å². The van der Waals surface area contributed by atoms with Crippen LogP contribution in [0.4, 0.5) is 0 Å². The molecule has 3 heteroatoms. The Bertz CT molecular complexity index is 427. The van der Waals surface area contributed by atoms with E-state index < -0.39 is 0 Å². The molecule has 0 aromatic heterocycles. The van der Waals surface area contributed by atoms with Crippen LogP contribution in [0.15, 0.2) is 12.1 Å². The molecule has 2 nitrogen and oxygen atoms in total. The summed E-state index contributed by atoms with van der Waals surface area (Å²) in [7, 11) is 0. The molecule has 98 valence electrons. The Balaban J connectivity index is 2.10. The Labute approximate surface area is 115 Å². The van der Waals surface area contributed by atoms with Crippen molar-refractivity contribution in [1.82, 2.24) is 0 Å². The quantitative estimate of drug-likeness (QED) is 0.844. The van der Waals surface area contributed by atoms with Gasteiger partial charge in [0, 0.05) is 5.56 Å². The smallest absolute Gasteiger partial charge is 0.125 e. The van der Waals surface area contributed by atoms with Crippen molar-refractivity contribution in [1.29, 1.82) is 0 Å². The molecule has 0 radical (unpaired) electrons. The standard InChI is InChI=1S/C15H21NOS/c1-10-7-13(15(16)18)8-11(2)14(10)17-9-12-5-3-4-6-12/h7-8,12H,3-6,9H2,1-2H3,(H2,16,18). The lowest BCUT2D eigenvalue weighted by Crippen LogP contribution is -2.12. The molecule has 0 spiro atoms. The van der Waals surface area contributed by atoms with Crippen LogP contribution >= 0.6 is 12.2 Å². The van der Waals surface area contributed by atoms with Crippen LogP contribution in [-0.4, -0.2) is 11.6 Å². The summed E-state index contributed by atoms with van der Waals surface area (Å²) in [6.07, 6.45) is 5.32. The average Bonchev–Trinajstić information content (AvgIpc) is 2.80. The summed E-state index contributed by atoms with van der Waals surface area (Å²) in [4.78, 5) is 0.448. The van der Waals surface area contributed by atoms with Gasteiger partial charge in [-0.3, -0.25) is 0 Å². The van der Waals surface area contributed by atoms with Crippen molar-refractivity contribution in [2.75, 3.05) is 6.61 Å². The molecule has 1 fully saturated rings. The van der Waals surface area contributed by atoms with Crippen molar-refractivity contribution < 1.29 is 4.74 Å². The first kappa shape index (κ1) is 13.3. The summed E-state index contributed by atoms with van der Waals surface area (Å²) < 4.78 is 6.00. The molecule has 1 aliphatic carbocycles. The molecule has 1 aromatic carbocycles. The molecule has 0 unspecified atom stereocenters. The predicted molar refractivity (Wildman–Crippen MR) is 79.3 cm³/mol. The lowest BCUT2D eigenvalue weighted by molar-refractivity contribution is 0.249. The lowest BCUT2D eigenvalue weighted by Gasteiger charge is -2.16. The van der Waals surface area contributed by atoms with Gasteiger partial charge in [0.2, 0.25) is 0 Å². The van der Waals surface area contributed by atoms with E-state index in [4.69, 9.17) is 22.7 Å². The highest BCUT2D eigenvalue weighted by atomic mass is 32.1. The van der Waals surface area contributed by atoms with E-state index in [1.807, 2.05) is 12.1 Å². The van der Waals surface area contributed by atoms with Crippen LogP contribution in [-0.2, 0) is 0 Å². The zero-order valence-corrected chi connectivity index (χ0v) is 12.0. The second kappa shape index (κ2) is 5.70. The van der Waals surface area contributed by atoms with Crippen LogP contribution in [0, 0.1) is 19.8 Å². The summed E-state index contributed by atoms with van der Waals surface area (Å²) in [5.74, 6) is 1.74. The first-order chi connectivity index (χ1) is 8.58. The SMILES string of the molecule is Cc1cc(C(N)=S)cc(C)c1OCC1CCCC1. The number of hydrogen-bond donors (Lipinski definition) is 1. The van der Waals surface area contributed by atoms with Crippen molar-refractivity contribution in [3.63, 3.8) is 0 Å². The minimum absolute atomic E-state index is 0.448. The summed E-state index contributed by atoms with van der Waals surface area (Å²) >= 11 is 5.01. The van der Waals surface area contributed by atoms with E-state index >= 15 is 0 Å². The molecule has 2 N–H and O–H groups in total. The Hall–Kier alpha value is -1.09. The number of nitrogens with two attached hydrogens (primary N) is 1. The topological polar surface area (TPSA) is 35.2 Å². The second-order valence-corrected chi connectivity index (χ2v) is 5.70. The fourth-order valence-electron chi connectivity index (χ4n) is 2.70. The molecule has 0 heterocycles. The van der Waals surface area contributed by atoms with Gasteiger partial charge in [-0.15, -0.1) is 0 Å².